The van der Waals surface area contributed by atoms with E-state index in [1.54, 1.807) is 7.11 Å². The highest BCUT2D eigenvalue weighted by Gasteiger charge is 2.11. The summed E-state index contributed by atoms with van der Waals surface area (Å²) in [7, 11) is 3.58. The highest BCUT2D eigenvalue weighted by Crippen LogP contribution is 2.29. The fraction of sp³-hybridized carbons (Fsp3) is 0.333. The minimum atomic E-state index is 0.242. The van der Waals surface area contributed by atoms with E-state index in [2.05, 4.69) is 38.1 Å². The van der Waals surface area contributed by atoms with Crippen molar-refractivity contribution in [3.8, 4) is 17.1 Å². The van der Waals surface area contributed by atoms with Gasteiger partial charge in [0, 0.05) is 29.1 Å². The molecule has 1 atom stereocenters. The van der Waals surface area contributed by atoms with Crippen LogP contribution >= 0.6 is 15.9 Å². The summed E-state index contributed by atoms with van der Waals surface area (Å²) in [6.07, 6.45) is 1.89. The van der Waals surface area contributed by atoms with Crippen LogP contribution < -0.4 is 10.1 Å². The van der Waals surface area contributed by atoms with Crippen LogP contribution in [0.25, 0.3) is 11.4 Å². The Morgan fingerprint density at radius 1 is 1.35 bits per heavy atom. The molecule has 1 unspecified atom stereocenters. The molecule has 1 heterocycles. The lowest BCUT2D eigenvalue weighted by molar-refractivity contribution is 0.412. The Morgan fingerprint density at radius 3 is 2.65 bits per heavy atom. The number of ether oxygens (including phenoxy) is 1. The highest BCUT2D eigenvalue weighted by atomic mass is 79.9. The van der Waals surface area contributed by atoms with Gasteiger partial charge in [-0.25, -0.2) is 9.97 Å². The lowest BCUT2D eigenvalue weighted by Gasteiger charge is -2.13. The summed E-state index contributed by atoms with van der Waals surface area (Å²) in [5.74, 6) is 1.52. The molecule has 0 aliphatic rings. The molecule has 0 aliphatic heterocycles. The van der Waals surface area contributed by atoms with Gasteiger partial charge in [0.1, 0.15) is 5.75 Å². The molecule has 2 aromatic rings. The predicted octanol–water partition coefficient (Wildman–Crippen LogP) is 3.50. The first-order valence-corrected chi connectivity index (χ1v) is 7.20. The van der Waals surface area contributed by atoms with Gasteiger partial charge < -0.3 is 10.1 Å². The maximum absolute atomic E-state index is 5.23. The Morgan fingerprint density at radius 2 is 2.10 bits per heavy atom. The van der Waals surface area contributed by atoms with Crippen molar-refractivity contribution >= 4 is 15.9 Å². The minimum Gasteiger partial charge on any atom is -0.496 e. The molecule has 4 nitrogen and oxygen atoms in total. The largest absolute Gasteiger partial charge is 0.496 e. The number of nitrogens with one attached hydrogen (secondary N) is 1. The van der Waals surface area contributed by atoms with Crippen molar-refractivity contribution in [3.05, 3.63) is 40.1 Å². The fourth-order valence-corrected chi connectivity index (χ4v) is 2.54. The standard InChI is InChI=1S/C15H18BrN3O/c1-9(17-3)12-8-18-15(19-10(12)2)11-5-6-14(20-4)13(16)7-11/h5-9,17H,1-4H3. The molecule has 5 heteroatoms. The van der Waals surface area contributed by atoms with Crippen LogP contribution in [0.15, 0.2) is 28.9 Å². The van der Waals surface area contributed by atoms with Crippen LogP contribution in [0.1, 0.15) is 24.2 Å². The van der Waals surface area contributed by atoms with Crippen LogP contribution in [-0.2, 0) is 0 Å². The van der Waals surface area contributed by atoms with Crippen molar-refractivity contribution in [1.82, 2.24) is 15.3 Å². The normalized spacial score (nSPS) is 12.2. The number of benzene rings is 1. The molecule has 2 rings (SSSR count). The quantitative estimate of drug-likeness (QED) is 0.928. The minimum absolute atomic E-state index is 0.242. The molecule has 0 saturated carbocycles. The van der Waals surface area contributed by atoms with Crippen molar-refractivity contribution in [2.45, 2.75) is 19.9 Å². The third kappa shape index (κ3) is 2.99. The summed E-state index contributed by atoms with van der Waals surface area (Å²) < 4.78 is 6.12. The van der Waals surface area contributed by atoms with Crippen molar-refractivity contribution in [2.24, 2.45) is 0 Å². The number of nitrogens with zero attached hydrogens (tertiary/aromatic N) is 2. The van der Waals surface area contributed by atoms with Crippen LogP contribution in [0.2, 0.25) is 0 Å². The molecular weight excluding hydrogens is 318 g/mol. The van der Waals surface area contributed by atoms with Gasteiger partial charge in [-0.3, -0.25) is 0 Å². The van der Waals surface area contributed by atoms with Crippen LogP contribution in [0.4, 0.5) is 0 Å². The smallest absolute Gasteiger partial charge is 0.159 e. The third-order valence-corrected chi connectivity index (χ3v) is 3.95. The van der Waals surface area contributed by atoms with Gasteiger partial charge in [-0.15, -0.1) is 0 Å². The second-order valence-electron chi connectivity index (χ2n) is 4.59. The molecule has 0 saturated heterocycles. The first kappa shape index (κ1) is 14.9. The Bertz CT molecular complexity index is 616. The van der Waals surface area contributed by atoms with E-state index in [-0.39, 0.29) is 6.04 Å². The molecule has 0 spiro atoms. The zero-order valence-corrected chi connectivity index (χ0v) is 13.7. The highest BCUT2D eigenvalue weighted by molar-refractivity contribution is 9.10. The third-order valence-electron chi connectivity index (χ3n) is 3.33. The van der Waals surface area contributed by atoms with Crippen LogP contribution in [0, 0.1) is 6.92 Å². The molecule has 0 amide bonds. The summed E-state index contributed by atoms with van der Waals surface area (Å²) >= 11 is 3.48. The molecule has 0 fully saturated rings. The van der Waals surface area contributed by atoms with E-state index in [4.69, 9.17) is 4.74 Å². The molecule has 1 aromatic carbocycles. The number of hydrogen-bond donors (Lipinski definition) is 1. The predicted molar refractivity (Wildman–Crippen MR) is 83.9 cm³/mol. The molecule has 106 valence electrons. The summed E-state index contributed by atoms with van der Waals surface area (Å²) in [6, 6.07) is 6.07. The zero-order valence-electron chi connectivity index (χ0n) is 12.1. The lowest BCUT2D eigenvalue weighted by atomic mass is 10.1. The second kappa shape index (κ2) is 6.33. The number of rotatable bonds is 4. The van der Waals surface area contributed by atoms with Gasteiger partial charge in [0.25, 0.3) is 0 Å². The molecule has 0 bridgehead atoms. The fourth-order valence-electron chi connectivity index (χ4n) is 2.00. The van der Waals surface area contributed by atoms with Crippen LogP contribution in [0.3, 0.4) is 0 Å². The van der Waals surface area contributed by atoms with E-state index in [1.807, 2.05) is 38.4 Å². The number of aryl methyl sites for hydroxylation is 1. The van der Waals surface area contributed by atoms with E-state index in [0.717, 1.165) is 32.9 Å². The summed E-state index contributed by atoms with van der Waals surface area (Å²) in [6.45, 7) is 4.10. The van der Waals surface area contributed by atoms with Gasteiger partial charge in [-0.05, 0) is 55.0 Å². The van der Waals surface area contributed by atoms with Gasteiger partial charge in [-0.1, -0.05) is 0 Å². The van der Waals surface area contributed by atoms with Gasteiger partial charge in [0.15, 0.2) is 5.82 Å². The van der Waals surface area contributed by atoms with E-state index < -0.39 is 0 Å². The van der Waals surface area contributed by atoms with Crippen molar-refractivity contribution in [3.63, 3.8) is 0 Å². The zero-order chi connectivity index (χ0) is 14.7. The average Bonchev–Trinajstić information content (AvgIpc) is 2.46. The Labute approximate surface area is 127 Å². The Balaban J connectivity index is 2.39. The summed E-state index contributed by atoms with van der Waals surface area (Å²) in [5, 5.41) is 3.20. The Kier molecular flexibility index (Phi) is 4.73. The number of halogens is 1. The average molecular weight is 336 g/mol. The first-order valence-electron chi connectivity index (χ1n) is 6.41. The number of aromatic nitrogens is 2. The van der Waals surface area contributed by atoms with Gasteiger partial charge in [0.05, 0.1) is 11.6 Å². The van der Waals surface area contributed by atoms with Crippen LogP contribution in [0.5, 0.6) is 5.75 Å². The summed E-state index contributed by atoms with van der Waals surface area (Å²) in [4.78, 5) is 9.06. The van der Waals surface area contributed by atoms with Gasteiger partial charge in [-0.2, -0.15) is 0 Å². The molecule has 20 heavy (non-hydrogen) atoms. The number of hydrogen-bond acceptors (Lipinski definition) is 4. The van der Waals surface area contributed by atoms with Crippen molar-refractivity contribution in [1.29, 1.82) is 0 Å². The lowest BCUT2D eigenvalue weighted by Crippen LogP contribution is -2.14. The first-order chi connectivity index (χ1) is 9.56. The van der Waals surface area contributed by atoms with Crippen molar-refractivity contribution in [2.75, 3.05) is 14.2 Å². The maximum Gasteiger partial charge on any atom is 0.159 e. The van der Waals surface area contributed by atoms with Crippen molar-refractivity contribution < 1.29 is 4.74 Å². The molecule has 1 aromatic heterocycles. The van der Waals surface area contributed by atoms with E-state index >= 15 is 0 Å². The van der Waals surface area contributed by atoms with Gasteiger partial charge >= 0.3 is 0 Å². The second-order valence-corrected chi connectivity index (χ2v) is 5.45. The van der Waals surface area contributed by atoms with E-state index in [9.17, 15) is 0 Å². The molecular formula is C15H18BrN3O. The van der Waals surface area contributed by atoms with E-state index in [0.29, 0.717) is 0 Å². The molecule has 0 radical (unpaired) electrons. The molecule has 0 aliphatic carbocycles. The Hall–Kier alpha value is -1.46. The summed E-state index contributed by atoms with van der Waals surface area (Å²) in [5.41, 5.74) is 3.07. The van der Waals surface area contributed by atoms with Gasteiger partial charge in [0.2, 0.25) is 0 Å². The number of methoxy groups -OCH3 is 1. The maximum atomic E-state index is 5.23. The molecule has 1 N–H and O–H groups in total. The van der Waals surface area contributed by atoms with E-state index in [1.165, 1.54) is 0 Å². The topological polar surface area (TPSA) is 47.0 Å². The monoisotopic (exact) mass is 335 g/mol. The van der Waals surface area contributed by atoms with Crippen LogP contribution in [-0.4, -0.2) is 24.1 Å². The SMILES string of the molecule is CNC(C)c1cnc(-c2ccc(OC)c(Br)c2)nc1C.